The fourth-order valence-corrected chi connectivity index (χ4v) is 1.92. The number of carboxylic acid groups (broad SMARTS) is 1. The highest BCUT2D eigenvalue weighted by Gasteiger charge is 2.24. The van der Waals surface area contributed by atoms with E-state index in [2.05, 4.69) is 10.1 Å². The van der Waals surface area contributed by atoms with Gasteiger partial charge in [0.05, 0.1) is 23.1 Å². The van der Waals surface area contributed by atoms with E-state index in [4.69, 9.17) is 0 Å². The summed E-state index contributed by atoms with van der Waals surface area (Å²) in [5, 5.41) is 13.3. The Morgan fingerprint density at radius 2 is 2.00 bits per heavy atom. The summed E-state index contributed by atoms with van der Waals surface area (Å²) in [6.45, 7) is 5.86. The van der Waals surface area contributed by atoms with E-state index >= 15 is 0 Å². The van der Waals surface area contributed by atoms with Crippen LogP contribution in [0.15, 0.2) is 24.5 Å². The topological polar surface area (TPSA) is 68.0 Å². The minimum Gasteiger partial charge on any atom is -0.478 e. The van der Waals surface area contributed by atoms with E-state index in [0.29, 0.717) is 5.69 Å². The predicted molar refractivity (Wildman–Crippen MR) is 72.1 cm³/mol. The number of nitrogens with zero attached hydrogens (tertiary/aromatic N) is 3. The third-order valence-electron chi connectivity index (χ3n) is 2.84. The zero-order valence-electron chi connectivity index (χ0n) is 11.5. The van der Waals surface area contributed by atoms with Gasteiger partial charge in [0.1, 0.15) is 0 Å². The highest BCUT2D eigenvalue weighted by molar-refractivity contribution is 5.89. The molecule has 0 amide bonds. The van der Waals surface area contributed by atoms with Crippen molar-refractivity contribution in [3.8, 4) is 11.3 Å². The van der Waals surface area contributed by atoms with E-state index in [1.54, 1.807) is 23.0 Å². The molecule has 0 unspecified atom stereocenters. The quantitative estimate of drug-likeness (QED) is 0.899. The van der Waals surface area contributed by atoms with Crippen LogP contribution in [-0.2, 0) is 12.5 Å². The van der Waals surface area contributed by atoms with E-state index in [0.717, 1.165) is 11.3 Å². The molecule has 0 saturated carbocycles. The smallest absolute Gasteiger partial charge is 0.337 e. The number of rotatable bonds is 2. The molecule has 2 heterocycles. The molecule has 1 N–H and O–H groups in total. The molecule has 0 aliphatic rings. The molecule has 0 atom stereocenters. The van der Waals surface area contributed by atoms with Gasteiger partial charge in [-0.15, -0.1) is 0 Å². The van der Waals surface area contributed by atoms with Crippen molar-refractivity contribution in [3.63, 3.8) is 0 Å². The van der Waals surface area contributed by atoms with Gasteiger partial charge in [-0.3, -0.25) is 9.67 Å². The van der Waals surface area contributed by atoms with Gasteiger partial charge >= 0.3 is 5.97 Å². The maximum Gasteiger partial charge on any atom is 0.337 e. The van der Waals surface area contributed by atoms with Crippen LogP contribution in [0.5, 0.6) is 0 Å². The van der Waals surface area contributed by atoms with Crippen molar-refractivity contribution in [2.24, 2.45) is 7.05 Å². The Morgan fingerprint density at radius 1 is 1.32 bits per heavy atom. The molecular weight excluding hydrogens is 242 g/mol. The van der Waals surface area contributed by atoms with Crippen LogP contribution in [0.4, 0.5) is 0 Å². The Hall–Kier alpha value is -2.17. The van der Waals surface area contributed by atoms with Gasteiger partial charge in [-0.1, -0.05) is 20.8 Å². The minimum atomic E-state index is -0.949. The minimum absolute atomic E-state index is 0.250. The molecule has 0 spiro atoms. The summed E-state index contributed by atoms with van der Waals surface area (Å²) in [5.41, 5.74) is 2.13. The van der Waals surface area contributed by atoms with Crippen molar-refractivity contribution in [2.45, 2.75) is 26.2 Å². The number of aryl methyl sites for hydroxylation is 1. The number of pyridine rings is 1. The first kappa shape index (κ1) is 13.3. The predicted octanol–water partition coefficient (Wildman–Crippen LogP) is 2.48. The first-order chi connectivity index (χ1) is 8.79. The fourth-order valence-electron chi connectivity index (χ4n) is 1.92. The fraction of sp³-hybridized carbons (Fsp3) is 0.357. The molecule has 100 valence electrons. The van der Waals surface area contributed by atoms with Gasteiger partial charge in [0, 0.05) is 24.2 Å². The van der Waals surface area contributed by atoms with E-state index in [9.17, 15) is 9.90 Å². The monoisotopic (exact) mass is 259 g/mol. The molecule has 0 aliphatic carbocycles. The Labute approximate surface area is 111 Å². The Bertz CT molecular complexity index is 624. The summed E-state index contributed by atoms with van der Waals surface area (Å²) in [5.74, 6) is -0.949. The molecule has 19 heavy (non-hydrogen) atoms. The molecule has 0 aromatic carbocycles. The van der Waals surface area contributed by atoms with E-state index in [1.807, 2.05) is 34.0 Å². The van der Waals surface area contributed by atoms with E-state index < -0.39 is 5.97 Å². The number of aromatic carboxylic acids is 1. The Balaban J connectivity index is 2.59. The maximum absolute atomic E-state index is 11.3. The number of hydrogen-bond acceptors (Lipinski definition) is 3. The van der Waals surface area contributed by atoms with Crippen LogP contribution in [0.1, 0.15) is 36.8 Å². The summed E-state index contributed by atoms with van der Waals surface area (Å²) < 4.78 is 1.69. The summed E-state index contributed by atoms with van der Waals surface area (Å²) in [6, 6.07) is 3.33. The molecule has 2 rings (SSSR count). The van der Waals surface area contributed by atoms with Crippen molar-refractivity contribution in [1.82, 2.24) is 14.8 Å². The summed E-state index contributed by atoms with van der Waals surface area (Å²) >= 11 is 0. The van der Waals surface area contributed by atoms with Crippen LogP contribution < -0.4 is 0 Å². The standard InChI is InChI=1S/C14H17N3O2/c1-14(2,3)12-10(13(18)19)5-6-11(16-12)9-7-15-17(4)8-9/h5-8H,1-4H3,(H,18,19). The lowest BCUT2D eigenvalue weighted by molar-refractivity contribution is 0.0693. The van der Waals surface area contributed by atoms with Crippen molar-refractivity contribution in [2.75, 3.05) is 0 Å². The van der Waals surface area contributed by atoms with Crippen LogP contribution in [0, 0.1) is 0 Å². The largest absolute Gasteiger partial charge is 0.478 e. The lowest BCUT2D eigenvalue weighted by Gasteiger charge is -2.20. The zero-order chi connectivity index (χ0) is 14.2. The Morgan fingerprint density at radius 3 is 2.47 bits per heavy atom. The van der Waals surface area contributed by atoms with E-state index in [-0.39, 0.29) is 11.0 Å². The molecule has 0 radical (unpaired) electrons. The lowest BCUT2D eigenvalue weighted by atomic mass is 9.88. The second-order valence-electron chi connectivity index (χ2n) is 5.55. The maximum atomic E-state index is 11.3. The average molecular weight is 259 g/mol. The summed E-state index contributed by atoms with van der Waals surface area (Å²) in [4.78, 5) is 15.8. The van der Waals surface area contributed by atoms with E-state index in [1.165, 1.54) is 0 Å². The number of carbonyl (C=O) groups is 1. The number of aromatic nitrogens is 3. The molecule has 0 aliphatic heterocycles. The second kappa shape index (κ2) is 4.50. The second-order valence-corrected chi connectivity index (χ2v) is 5.55. The van der Waals surface area contributed by atoms with Crippen molar-refractivity contribution < 1.29 is 9.90 Å². The van der Waals surface area contributed by atoms with Crippen LogP contribution >= 0.6 is 0 Å². The summed E-state index contributed by atoms with van der Waals surface area (Å²) in [7, 11) is 1.83. The molecule has 5 nitrogen and oxygen atoms in total. The molecule has 0 bridgehead atoms. The molecule has 2 aromatic heterocycles. The zero-order valence-corrected chi connectivity index (χ0v) is 11.5. The molecular formula is C14H17N3O2. The Kier molecular flexibility index (Phi) is 3.14. The molecule has 0 saturated heterocycles. The lowest BCUT2D eigenvalue weighted by Crippen LogP contribution is -2.19. The van der Waals surface area contributed by atoms with Gasteiger partial charge in [0.25, 0.3) is 0 Å². The van der Waals surface area contributed by atoms with Crippen molar-refractivity contribution in [1.29, 1.82) is 0 Å². The van der Waals surface area contributed by atoms with Crippen molar-refractivity contribution in [3.05, 3.63) is 35.8 Å². The van der Waals surface area contributed by atoms with Crippen LogP contribution in [0.2, 0.25) is 0 Å². The summed E-state index contributed by atoms with van der Waals surface area (Å²) in [6.07, 6.45) is 3.57. The van der Waals surface area contributed by atoms with Gasteiger partial charge in [-0.2, -0.15) is 5.10 Å². The van der Waals surface area contributed by atoms with Crippen molar-refractivity contribution >= 4 is 5.97 Å². The number of hydrogen-bond donors (Lipinski definition) is 1. The van der Waals surface area contributed by atoms with Gasteiger partial charge in [-0.25, -0.2) is 4.79 Å². The molecule has 0 fully saturated rings. The number of carboxylic acids is 1. The SMILES string of the molecule is Cn1cc(-c2ccc(C(=O)O)c(C(C)(C)C)n2)cn1. The van der Waals surface area contributed by atoms with Gasteiger partial charge in [0.2, 0.25) is 0 Å². The van der Waals surface area contributed by atoms with Gasteiger partial charge in [0.15, 0.2) is 0 Å². The molecule has 2 aromatic rings. The van der Waals surface area contributed by atoms with Crippen LogP contribution in [0.3, 0.4) is 0 Å². The molecule has 5 heteroatoms. The highest BCUT2D eigenvalue weighted by atomic mass is 16.4. The third-order valence-corrected chi connectivity index (χ3v) is 2.84. The van der Waals surface area contributed by atoms with Crippen LogP contribution in [0.25, 0.3) is 11.3 Å². The first-order valence-electron chi connectivity index (χ1n) is 6.03. The normalized spacial score (nSPS) is 11.6. The van der Waals surface area contributed by atoms with Gasteiger partial charge in [-0.05, 0) is 12.1 Å². The third kappa shape index (κ3) is 2.65. The van der Waals surface area contributed by atoms with Crippen LogP contribution in [-0.4, -0.2) is 25.8 Å². The highest BCUT2D eigenvalue weighted by Crippen LogP contribution is 2.27. The first-order valence-corrected chi connectivity index (χ1v) is 6.03. The van der Waals surface area contributed by atoms with Gasteiger partial charge < -0.3 is 5.11 Å². The average Bonchev–Trinajstić information content (AvgIpc) is 2.74.